The Kier molecular flexibility index (Phi) is 5.50. The predicted octanol–water partition coefficient (Wildman–Crippen LogP) is 5.70. The molecule has 7 nitrogen and oxygen atoms in total. The molecule has 0 saturated heterocycles. The molecule has 0 fully saturated rings. The molecule has 194 valence electrons. The van der Waals surface area contributed by atoms with Gasteiger partial charge in [0.15, 0.2) is 0 Å². The van der Waals surface area contributed by atoms with Gasteiger partial charge in [0.25, 0.3) is 0 Å². The van der Waals surface area contributed by atoms with Crippen molar-refractivity contribution in [1.29, 1.82) is 0 Å². The van der Waals surface area contributed by atoms with Crippen molar-refractivity contribution in [3.8, 4) is 28.7 Å². The van der Waals surface area contributed by atoms with Gasteiger partial charge in [-0.15, -0.1) is 0 Å². The summed E-state index contributed by atoms with van der Waals surface area (Å²) >= 11 is 0. The minimum atomic E-state index is -2.47. The average molecular weight is 505 g/mol. The van der Waals surface area contributed by atoms with Crippen molar-refractivity contribution in [2.45, 2.75) is 71.4 Å². The van der Waals surface area contributed by atoms with Crippen molar-refractivity contribution in [3.05, 3.63) is 69.8 Å². The highest BCUT2D eigenvalue weighted by atomic mass is 16.7. The first-order valence-corrected chi connectivity index (χ1v) is 12.3. The number of hydrogen-bond donors (Lipinski definition) is 3. The van der Waals surface area contributed by atoms with Gasteiger partial charge in [0.2, 0.25) is 11.4 Å². The van der Waals surface area contributed by atoms with Gasteiger partial charge in [-0.1, -0.05) is 23.3 Å². The zero-order valence-corrected chi connectivity index (χ0v) is 21.9. The summed E-state index contributed by atoms with van der Waals surface area (Å²) in [6.45, 7) is 11.6. The van der Waals surface area contributed by atoms with Crippen LogP contribution in [0.15, 0.2) is 47.6 Å². The van der Waals surface area contributed by atoms with Gasteiger partial charge in [-0.3, -0.25) is 4.79 Å². The maximum Gasteiger partial charge on any atom is 0.318 e. The van der Waals surface area contributed by atoms with E-state index in [-0.39, 0.29) is 35.0 Å². The molecule has 2 aromatic carbocycles. The van der Waals surface area contributed by atoms with Crippen LogP contribution in [0.3, 0.4) is 0 Å². The zero-order valence-electron chi connectivity index (χ0n) is 21.9. The van der Waals surface area contributed by atoms with Crippen molar-refractivity contribution in [1.82, 2.24) is 0 Å². The molecule has 3 N–H and O–H groups in total. The van der Waals surface area contributed by atoms with Gasteiger partial charge in [0, 0.05) is 23.6 Å². The highest BCUT2D eigenvalue weighted by Crippen LogP contribution is 2.60. The molecule has 0 saturated carbocycles. The molecular formula is C30H32O7. The summed E-state index contributed by atoms with van der Waals surface area (Å²) in [4.78, 5) is 14.2. The summed E-state index contributed by atoms with van der Waals surface area (Å²) in [6.07, 6.45) is 7.89. The molecule has 2 aromatic rings. The number of ketones is 1. The molecule has 0 unspecified atom stereocenters. The van der Waals surface area contributed by atoms with Crippen LogP contribution in [0.4, 0.5) is 0 Å². The molecule has 0 radical (unpaired) electrons. The smallest absolute Gasteiger partial charge is 0.318 e. The molecule has 0 spiro atoms. The fourth-order valence-electron chi connectivity index (χ4n) is 5.12. The number of phenolic OH excluding ortho intramolecular Hbond substituents is 2. The number of fused-ring (bicyclic) bond motifs is 5. The molecule has 0 aromatic heterocycles. The number of rotatable bonds is 4. The molecule has 0 aliphatic carbocycles. The van der Waals surface area contributed by atoms with E-state index in [1.54, 1.807) is 18.2 Å². The molecule has 0 bridgehead atoms. The van der Waals surface area contributed by atoms with Gasteiger partial charge in [-0.05, 0) is 72.2 Å². The largest absolute Gasteiger partial charge is 0.508 e. The first kappa shape index (κ1) is 25.0. The molecule has 7 heteroatoms. The van der Waals surface area contributed by atoms with Crippen molar-refractivity contribution < 1.29 is 34.3 Å². The summed E-state index contributed by atoms with van der Waals surface area (Å²) in [6, 6.07) is 4.41. The van der Waals surface area contributed by atoms with Gasteiger partial charge < -0.3 is 29.5 Å². The summed E-state index contributed by atoms with van der Waals surface area (Å²) in [5.74, 6) is -2.98. The number of Topliss-reactive ketones (excluding diaryl/α,β-unsaturated/α-hetero) is 1. The Hall–Kier alpha value is -3.71. The maximum atomic E-state index is 14.2. The van der Waals surface area contributed by atoms with Gasteiger partial charge in [0.1, 0.15) is 39.9 Å². The number of benzene rings is 2. The van der Waals surface area contributed by atoms with Gasteiger partial charge in [0.05, 0.1) is 5.56 Å². The van der Waals surface area contributed by atoms with Crippen LogP contribution in [0.25, 0.3) is 6.08 Å². The van der Waals surface area contributed by atoms with Crippen LogP contribution in [-0.4, -0.2) is 32.5 Å². The van der Waals surface area contributed by atoms with E-state index in [0.29, 0.717) is 28.9 Å². The van der Waals surface area contributed by atoms with Crippen LogP contribution in [0, 0.1) is 0 Å². The van der Waals surface area contributed by atoms with E-state index in [0.717, 1.165) is 11.1 Å². The van der Waals surface area contributed by atoms with Gasteiger partial charge in [-0.2, -0.15) is 0 Å². The quantitative estimate of drug-likeness (QED) is 0.459. The second kappa shape index (κ2) is 8.15. The van der Waals surface area contributed by atoms with Crippen LogP contribution in [0.2, 0.25) is 0 Å². The number of ether oxygens (including phenoxy) is 3. The maximum absolute atomic E-state index is 14.2. The fourth-order valence-corrected chi connectivity index (χ4v) is 5.12. The molecule has 3 aliphatic heterocycles. The van der Waals surface area contributed by atoms with E-state index in [1.807, 2.05) is 53.7 Å². The molecule has 3 heterocycles. The Morgan fingerprint density at radius 3 is 2.35 bits per heavy atom. The first-order chi connectivity index (χ1) is 17.3. The van der Waals surface area contributed by atoms with E-state index >= 15 is 0 Å². The second-order valence-corrected chi connectivity index (χ2v) is 11.0. The first-order valence-electron chi connectivity index (χ1n) is 12.3. The number of carbonyl (C=O) groups is 1. The number of carbonyl (C=O) groups excluding carboxylic acids is 1. The van der Waals surface area contributed by atoms with Crippen molar-refractivity contribution in [2.75, 3.05) is 0 Å². The molecule has 0 amide bonds. The van der Waals surface area contributed by atoms with Crippen LogP contribution in [-0.2, 0) is 12.0 Å². The third kappa shape index (κ3) is 3.63. The number of aromatic hydroxyl groups is 2. The lowest BCUT2D eigenvalue weighted by molar-refractivity contribution is -0.202. The zero-order chi connectivity index (χ0) is 26.9. The lowest BCUT2D eigenvalue weighted by Crippen LogP contribution is -2.62. The van der Waals surface area contributed by atoms with E-state index in [9.17, 15) is 20.1 Å². The SMILES string of the molecule is CC(C)=CCc1c2c(c(O)c3c1O[C@@]1(CC=C(C)C)c4ccc(O)cc4O[C@]1(O)C3=O)C=CC(C)(C)O2. The Balaban J connectivity index is 1.84. The summed E-state index contributed by atoms with van der Waals surface area (Å²) in [7, 11) is 0. The minimum absolute atomic E-state index is 0.0772. The number of hydrogen-bond acceptors (Lipinski definition) is 7. The topological polar surface area (TPSA) is 105 Å². The van der Waals surface area contributed by atoms with Crippen LogP contribution in [0.5, 0.6) is 28.7 Å². The third-order valence-electron chi connectivity index (χ3n) is 7.06. The van der Waals surface area contributed by atoms with Crippen molar-refractivity contribution in [3.63, 3.8) is 0 Å². The van der Waals surface area contributed by atoms with Gasteiger partial charge >= 0.3 is 5.79 Å². The minimum Gasteiger partial charge on any atom is -0.508 e. The lowest BCUT2D eigenvalue weighted by atomic mass is 9.76. The Morgan fingerprint density at radius 2 is 1.68 bits per heavy atom. The summed E-state index contributed by atoms with van der Waals surface area (Å²) in [5, 5.41) is 33.4. The summed E-state index contributed by atoms with van der Waals surface area (Å²) < 4.78 is 18.9. The van der Waals surface area contributed by atoms with Crippen molar-refractivity contribution >= 4 is 11.9 Å². The lowest BCUT2D eigenvalue weighted by Gasteiger charge is -2.44. The standard InChI is InChI=1S/C30H32O7/c1-16(2)7-9-20-25-19(12-13-28(5,6)36-25)24(32)23-26(20)37-29(14-11-17(3)4)21-10-8-18(31)15-22(21)35-30(29,34)27(23)33/h7-8,10-13,15,31-32,34H,9,14H2,1-6H3/t29-,30+/m0/s1. The van der Waals surface area contributed by atoms with Crippen LogP contribution in [0.1, 0.15) is 75.0 Å². The van der Waals surface area contributed by atoms with E-state index < -0.39 is 22.8 Å². The molecule has 37 heavy (non-hydrogen) atoms. The summed E-state index contributed by atoms with van der Waals surface area (Å²) in [5.41, 5.74) is 0.932. The normalized spacial score (nSPS) is 23.9. The Bertz CT molecular complexity index is 1420. The molecular weight excluding hydrogens is 472 g/mol. The van der Waals surface area contributed by atoms with E-state index in [4.69, 9.17) is 14.2 Å². The Labute approximate surface area is 216 Å². The van der Waals surface area contributed by atoms with E-state index in [2.05, 4.69) is 0 Å². The Morgan fingerprint density at radius 1 is 0.973 bits per heavy atom. The van der Waals surface area contributed by atoms with E-state index in [1.165, 1.54) is 12.1 Å². The second-order valence-electron chi connectivity index (χ2n) is 11.0. The highest BCUT2D eigenvalue weighted by molar-refractivity contribution is 6.10. The highest BCUT2D eigenvalue weighted by Gasteiger charge is 2.70. The number of aliphatic hydroxyl groups is 1. The molecule has 3 aliphatic rings. The van der Waals surface area contributed by atoms with Crippen molar-refractivity contribution in [2.24, 2.45) is 0 Å². The molecule has 2 atom stereocenters. The number of allylic oxidation sites excluding steroid dienone is 3. The van der Waals surface area contributed by atoms with Crippen LogP contribution >= 0.6 is 0 Å². The monoisotopic (exact) mass is 504 g/mol. The van der Waals surface area contributed by atoms with Crippen LogP contribution < -0.4 is 14.2 Å². The predicted molar refractivity (Wildman–Crippen MR) is 139 cm³/mol. The fraction of sp³-hybridized carbons (Fsp3) is 0.367. The molecule has 5 rings (SSSR count). The number of phenols is 2. The average Bonchev–Trinajstić information content (AvgIpc) is 3.05. The third-order valence-corrected chi connectivity index (χ3v) is 7.06. The van der Waals surface area contributed by atoms with Gasteiger partial charge in [-0.25, -0.2) is 0 Å².